The number of aromatic hydroxyl groups is 1. The zero-order valence-corrected chi connectivity index (χ0v) is 16.8. The summed E-state index contributed by atoms with van der Waals surface area (Å²) < 4.78 is 54.5. The van der Waals surface area contributed by atoms with Gasteiger partial charge in [0.2, 0.25) is 5.88 Å². The Morgan fingerprint density at radius 3 is 2.63 bits per heavy atom. The summed E-state index contributed by atoms with van der Waals surface area (Å²) in [7, 11) is -1.46. The van der Waals surface area contributed by atoms with Gasteiger partial charge in [0.15, 0.2) is 0 Å². The van der Waals surface area contributed by atoms with Crippen molar-refractivity contribution in [2.45, 2.75) is 36.9 Å². The molecule has 1 aromatic carbocycles. The summed E-state index contributed by atoms with van der Waals surface area (Å²) in [5.41, 5.74) is -0.861. The van der Waals surface area contributed by atoms with Gasteiger partial charge in [-0.05, 0) is 31.0 Å². The van der Waals surface area contributed by atoms with Gasteiger partial charge in [-0.3, -0.25) is 0 Å². The fourth-order valence-corrected chi connectivity index (χ4v) is 3.86. The number of alkyl halides is 2. The Labute approximate surface area is 173 Å². The van der Waals surface area contributed by atoms with E-state index >= 15 is 0 Å². The van der Waals surface area contributed by atoms with Crippen LogP contribution < -0.4 is 4.74 Å². The molecule has 11 heteroatoms. The minimum atomic E-state index is -2.93. The van der Waals surface area contributed by atoms with Crippen molar-refractivity contribution in [3.63, 3.8) is 0 Å². The van der Waals surface area contributed by atoms with Gasteiger partial charge in [-0.25, -0.2) is 17.9 Å². The molecule has 2 N–H and O–H groups in total. The van der Waals surface area contributed by atoms with E-state index in [1.807, 2.05) is 6.92 Å². The van der Waals surface area contributed by atoms with Crippen molar-refractivity contribution in [1.82, 2.24) is 9.29 Å². The third-order valence-corrected chi connectivity index (χ3v) is 5.81. The van der Waals surface area contributed by atoms with E-state index in [1.165, 1.54) is 30.5 Å². The van der Waals surface area contributed by atoms with Crippen LogP contribution in [0, 0.1) is 17.1 Å². The first-order chi connectivity index (χ1) is 14.2. The number of nitrogens with zero attached hydrogens (tertiary/aromatic N) is 3. The van der Waals surface area contributed by atoms with Crippen molar-refractivity contribution in [2.24, 2.45) is 0 Å². The van der Waals surface area contributed by atoms with Gasteiger partial charge >= 0.3 is 6.61 Å². The van der Waals surface area contributed by atoms with E-state index in [2.05, 4.69) is 9.72 Å². The van der Waals surface area contributed by atoms with Gasteiger partial charge in [-0.1, -0.05) is 6.92 Å². The molecular formula is C19H20F3N3O4S. The van der Waals surface area contributed by atoms with E-state index in [9.17, 15) is 22.5 Å². The van der Waals surface area contributed by atoms with Crippen molar-refractivity contribution in [3.05, 3.63) is 47.9 Å². The van der Waals surface area contributed by atoms with Crippen LogP contribution in [-0.2, 0) is 11.0 Å². The number of aliphatic hydroxyl groups is 1. The molecule has 162 valence electrons. The monoisotopic (exact) mass is 443 g/mol. The normalized spacial score (nSPS) is 19.6. The molecule has 2 unspecified atom stereocenters. The van der Waals surface area contributed by atoms with Gasteiger partial charge in [-0.15, -0.1) is 0 Å². The second kappa shape index (κ2) is 10.4. The highest BCUT2D eigenvalue weighted by Gasteiger charge is 2.37. The van der Waals surface area contributed by atoms with Crippen molar-refractivity contribution in [1.29, 1.82) is 5.26 Å². The average molecular weight is 443 g/mol. The SMILES string of the molecule is CCC1(O)CCN(S(=O)c2ccc(OC(F)F)nc2)C1.N#Cc1ccc(O)cc1F. The van der Waals surface area contributed by atoms with Crippen molar-refractivity contribution < 1.29 is 32.3 Å². The van der Waals surface area contributed by atoms with Crippen LogP contribution in [0.15, 0.2) is 41.4 Å². The molecule has 0 radical (unpaired) electrons. The van der Waals surface area contributed by atoms with Gasteiger partial charge in [-0.2, -0.15) is 14.0 Å². The predicted molar refractivity (Wildman–Crippen MR) is 101 cm³/mol. The minimum Gasteiger partial charge on any atom is -0.508 e. The molecule has 0 saturated carbocycles. The summed E-state index contributed by atoms with van der Waals surface area (Å²) in [5, 5.41) is 27.0. The molecule has 1 aliphatic rings. The van der Waals surface area contributed by atoms with Crippen LogP contribution in [0.5, 0.6) is 11.6 Å². The smallest absolute Gasteiger partial charge is 0.388 e. The number of phenols is 1. The summed E-state index contributed by atoms with van der Waals surface area (Å²) in [6.07, 6.45) is 2.41. The molecule has 0 aliphatic carbocycles. The highest BCUT2D eigenvalue weighted by Crippen LogP contribution is 2.27. The number of ether oxygens (including phenoxy) is 1. The van der Waals surface area contributed by atoms with E-state index in [-0.39, 0.29) is 17.2 Å². The molecule has 1 fully saturated rings. The quantitative estimate of drug-likeness (QED) is 0.736. The summed E-state index contributed by atoms with van der Waals surface area (Å²) in [4.78, 5) is 4.08. The Balaban J connectivity index is 0.000000269. The number of β-amino-alcohol motifs (C(OH)–C–C–N with tert-alkyl or cyclic N) is 1. The lowest BCUT2D eigenvalue weighted by molar-refractivity contribution is -0.0529. The Kier molecular flexibility index (Phi) is 8.16. The minimum absolute atomic E-state index is 0.0576. The molecule has 0 amide bonds. The molecule has 1 saturated heterocycles. The highest BCUT2D eigenvalue weighted by molar-refractivity contribution is 7.82. The Morgan fingerprint density at radius 1 is 1.40 bits per heavy atom. The van der Waals surface area contributed by atoms with Gasteiger partial charge in [0.05, 0.1) is 16.1 Å². The van der Waals surface area contributed by atoms with E-state index < -0.39 is 29.0 Å². The number of nitriles is 1. The topological polar surface area (TPSA) is 107 Å². The van der Waals surface area contributed by atoms with Crippen LogP contribution in [0.3, 0.4) is 0 Å². The fourth-order valence-electron chi connectivity index (χ4n) is 2.62. The van der Waals surface area contributed by atoms with Crippen LogP contribution in [0.25, 0.3) is 0 Å². The number of hydrogen-bond donors (Lipinski definition) is 2. The predicted octanol–water partition coefficient (Wildman–Crippen LogP) is 2.96. The fraction of sp³-hybridized carbons (Fsp3) is 0.368. The maximum Gasteiger partial charge on any atom is 0.388 e. The molecule has 30 heavy (non-hydrogen) atoms. The van der Waals surface area contributed by atoms with Gasteiger partial charge in [0.1, 0.15) is 28.6 Å². The highest BCUT2D eigenvalue weighted by atomic mass is 32.2. The van der Waals surface area contributed by atoms with Crippen molar-refractivity contribution in [2.75, 3.05) is 13.1 Å². The molecule has 2 atom stereocenters. The average Bonchev–Trinajstić information content (AvgIpc) is 3.11. The van der Waals surface area contributed by atoms with E-state index in [0.29, 0.717) is 30.8 Å². The lowest BCUT2D eigenvalue weighted by Crippen LogP contribution is -2.33. The maximum absolute atomic E-state index is 12.5. The molecule has 0 bridgehead atoms. The zero-order chi connectivity index (χ0) is 22.3. The number of benzene rings is 1. The number of phenolic OH excluding ortho intramolecular Hbond substituents is 1. The number of hydrogen-bond acceptors (Lipinski definition) is 6. The Bertz CT molecular complexity index is 924. The largest absolute Gasteiger partial charge is 0.508 e. The molecule has 2 aromatic rings. The standard InChI is InChI=1S/C12H16F2N2O3S.C7H4FNO/c1-2-12(17)5-6-16(8-12)20(18)9-3-4-10(15-7-9)19-11(13)14;8-7-3-6(10)2-1-5(7)4-9/h3-4,7,11,17H,2,5-6,8H2,1H3;1-3,10H. The molecule has 2 heterocycles. The number of rotatable bonds is 5. The van der Waals surface area contributed by atoms with Crippen LogP contribution >= 0.6 is 0 Å². The van der Waals surface area contributed by atoms with E-state index in [1.54, 1.807) is 10.4 Å². The van der Waals surface area contributed by atoms with Gasteiger partial charge in [0.25, 0.3) is 0 Å². The molecular weight excluding hydrogens is 423 g/mol. The molecule has 3 rings (SSSR count). The van der Waals surface area contributed by atoms with Gasteiger partial charge < -0.3 is 14.9 Å². The molecule has 0 spiro atoms. The van der Waals surface area contributed by atoms with Crippen molar-refractivity contribution >= 4 is 11.0 Å². The summed E-state index contributed by atoms with van der Waals surface area (Å²) >= 11 is 0. The summed E-state index contributed by atoms with van der Waals surface area (Å²) in [6.45, 7) is -0.209. The second-order valence-electron chi connectivity index (χ2n) is 6.43. The third kappa shape index (κ3) is 6.41. The van der Waals surface area contributed by atoms with Crippen LogP contribution in [-0.4, -0.2) is 49.0 Å². The lowest BCUT2D eigenvalue weighted by atomic mass is 10.0. The molecule has 1 aliphatic heterocycles. The molecule has 7 nitrogen and oxygen atoms in total. The summed E-state index contributed by atoms with van der Waals surface area (Å²) in [6, 6.07) is 7.72. The second-order valence-corrected chi connectivity index (χ2v) is 7.91. The third-order valence-electron chi connectivity index (χ3n) is 4.38. The maximum atomic E-state index is 12.5. The van der Waals surface area contributed by atoms with E-state index in [4.69, 9.17) is 10.4 Å². The van der Waals surface area contributed by atoms with Crippen LogP contribution in [0.4, 0.5) is 13.2 Å². The zero-order valence-electron chi connectivity index (χ0n) is 16.0. The Morgan fingerprint density at radius 2 is 2.13 bits per heavy atom. The Hall–Kier alpha value is -2.68. The first-order valence-electron chi connectivity index (χ1n) is 8.86. The first kappa shape index (κ1) is 23.6. The lowest BCUT2D eigenvalue weighted by Gasteiger charge is -2.20. The number of halogens is 3. The molecule has 1 aromatic heterocycles. The van der Waals surface area contributed by atoms with Crippen molar-refractivity contribution in [3.8, 4) is 17.7 Å². The number of aromatic nitrogens is 1. The first-order valence-corrected chi connectivity index (χ1v) is 9.97. The van der Waals surface area contributed by atoms with E-state index in [0.717, 1.165) is 6.07 Å². The van der Waals surface area contributed by atoms with Gasteiger partial charge in [0, 0.05) is 31.4 Å². The van der Waals surface area contributed by atoms with Crippen LogP contribution in [0.1, 0.15) is 25.3 Å². The van der Waals surface area contributed by atoms with Crippen LogP contribution in [0.2, 0.25) is 0 Å². The number of pyridine rings is 1. The summed E-state index contributed by atoms with van der Waals surface area (Å²) in [5.74, 6) is -1.08.